The molecule has 2 nitrogen and oxygen atoms in total. The molecule has 1 rings (SSSR count). The average molecular weight is 252 g/mol. The monoisotopic (exact) mass is 252 g/mol. The van der Waals surface area contributed by atoms with E-state index < -0.39 is 15.2 Å². The Kier molecular flexibility index (Phi) is 5.03. The Labute approximate surface area is 98.7 Å². The van der Waals surface area contributed by atoms with Gasteiger partial charge >= 0.3 is 0 Å². The van der Waals surface area contributed by atoms with E-state index in [2.05, 4.69) is 25.2 Å². The summed E-state index contributed by atoms with van der Waals surface area (Å²) >= 11 is 0. The molecule has 0 amide bonds. The third-order valence-electron chi connectivity index (χ3n) is 2.86. The third kappa shape index (κ3) is 3.10. The first-order valence-corrected chi connectivity index (χ1v) is 10.9. The third-order valence-corrected chi connectivity index (χ3v) is 14.0. The van der Waals surface area contributed by atoms with E-state index in [0.717, 1.165) is 12.6 Å². The molecule has 1 aromatic carbocycles. The van der Waals surface area contributed by atoms with Crippen LogP contribution in [0.25, 0.3) is 0 Å². The van der Waals surface area contributed by atoms with Crippen molar-refractivity contribution >= 4 is 33.0 Å². The van der Waals surface area contributed by atoms with Gasteiger partial charge in [-0.05, 0) is 0 Å². The molecule has 1 aromatic rings. The van der Waals surface area contributed by atoms with Crippen molar-refractivity contribution in [3.63, 3.8) is 0 Å². The molecule has 0 radical (unpaired) electrons. The Morgan fingerprint density at radius 2 is 1.56 bits per heavy atom. The zero-order chi connectivity index (χ0) is 12.0. The SMILES string of the molecule is C[Si](C)(c1ccccc1)P(CC=O)CC=O. The average Bonchev–Trinajstić information content (AvgIpc) is 2.30. The molecule has 4 heteroatoms. The van der Waals surface area contributed by atoms with E-state index in [1.807, 2.05) is 18.2 Å². The molecule has 0 atom stereocenters. The van der Waals surface area contributed by atoms with Crippen LogP contribution in [0.2, 0.25) is 13.1 Å². The second-order valence-electron chi connectivity index (χ2n) is 4.16. The fraction of sp³-hybridized carbons (Fsp3) is 0.333. The Morgan fingerprint density at radius 3 is 2.00 bits per heavy atom. The van der Waals surface area contributed by atoms with Gasteiger partial charge in [0, 0.05) is 12.3 Å². The molecule has 16 heavy (non-hydrogen) atoms. The molecule has 0 aromatic heterocycles. The fourth-order valence-corrected chi connectivity index (χ4v) is 9.26. The summed E-state index contributed by atoms with van der Waals surface area (Å²) in [4.78, 5) is 21.4. The Balaban J connectivity index is 2.96. The quantitative estimate of drug-likeness (QED) is 0.441. The Hall–Kier alpha value is -0.793. The first kappa shape index (κ1) is 13.3. The zero-order valence-corrected chi connectivity index (χ0v) is 11.6. The molecule has 0 spiro atoms. The lowest BCUT2D eigenvalue weighted by molar-refractivity contribution is -0.106. The number of carbonyl (C=O) groups excluding carboxylic acids is 2. The number of rotatable bonds is 6. The van der Waals surface area contributed by atoms with Crippen LogP contribution in [0.15, 0.2) is 30.3 Å². The molecule has 0 aliphatic carbocycles. The highest BCUT2D eigenvalue weighted by Gasteiger charge is 2.32. The van der Waals surface area contributed by atoms with Gasteiger partial charge in [0.1, 0.15) is 20.3 Å². The summed E-state index contributed by atoms with van der Waals surface area (Å²) in [5.74, 6) is 0. The van der Waals surface area contributed by atoms with Gasteiger partial charge in [-0.3, -0.25) is 0 Å². The van der Waals surface area contributed by atoms with Crippen molar-refractivity contribution in [2.45, 2.75) is 13.1 Å². The molecule has 0 unspecified atom stereocenters. The van der Waals surface area contributed by atoms with Crippen molar-refractivity contribution in [2.24, 2.45) is 0 Å². The van der Waals surface area contributed by atoms with Gasteiger partial charge in [-0.15, -0.1) is 0 Å². The van der Waals surface area contributed by atoms with E-state index in [0.29, 0.717) is 12.3 Å². The smallest absolute Gasteiger partial charge is 0.123 e. The van der Waals surface area contributed by atoms with E-state index >= 15 is 0 Å². The lowest BCUT2D eigenvalue weighted by atomic mass is 10.4. The lowest BCUT2D eigenvalue weighted by Gasteiger charge is -2.31. The molecule has 0 N–H and O–H groups in total. The van der Waals surface area contributed by atoms with Gasteiger partial charge in [-0.1, -0.05) is 56.1 Å². The van der Waals surface area contributed by atoms with E-state index in [9.17, 15) is 9.59 Å². The summed E-state index contributed by atoms with van der Waals surface area (Å²) in [6.45, 7) is 4.50. The number of hydrogen-bond donors (Lipinski definition) is 0. The molecular weight excluding hydrogens is 235 g/mol. The van der Waals surface area contributed by atoms with Crippen LogP contribution in [-0.2, 0) is 9.59 Å². The predicted molar refractivity (Wildman–Crippen MR) is 72.3 cm³/mol. The van der Waals surface area contributed by atoms with Crippen LogP contribution in [0.3, 0.4) is 0 Å². The summed E-state index contributed by atoms with van der Waals surface area (Å²) in [5.41, 5.74) is 0. The van der Waals surface area contributed by atoms with Crippen LogP contribution >= 0.6 is 7.47 Å². The highest BCUT2D eigenvalue weighted by atomic mass is 31.4. The van der Waals surface area contributed by atoms with Gasteiger partial charge in [0.2, 0.25) is 0 Å². The van der Waals surface area contributed by atoms with Crippen molar-refractivity contribution < 1.29 is 9.59 Å². The normalized spacial score (nSPS) is 11.4. The molecule has 0 aliphatic rings. The minimum absolute atomic E-state index is 0.478. The topological polar surface area (TPSA) is 34.1 Å². The van der Waals surface area contributed by atoms with Crippen molar-refractivity contribution in [3.05, 3.63) is 30.3 Å². The summed E-state index contributed by atoms with van der Waals surface area (Å²) in [6, 6.07) is 10.3. The highest BCUT2D eigenvalue weighted by molar-refractivity contribution is 7.97. The minimum Gasteiger partial charge on any atom is -0.303 e. The van der Waals surface area contributed by atoms with Crippen LogP contribution in [-0.4, -0.2) is 32.6 Å². The Morgan fingerprint density at radius 1 is 1.06 bits per heavy atom. The highest BCUT2D eigenvalue weighted by Crippen LogP contribution is 2.44. The zero-order valence-electron chi connectivity index (χ0n) is 9.72. The van der Waals surface area contributed by atoms with Crippen molar-refractivity contribution in [3.8, 4) is 0 Å². The molecule has 0 saturated carbocycles. The second kappa shape index (κ2) is 6.07. The summed E-state index contributed by atoms with van der Waals surface area (Å²) in [5, 5.41) is 1.34. The van der Waals surface area contributed by atoms with Crippen LogP contribution in [0, 0.1) is 0 Å². The molecule has 0 bridgehead atoms. The molecular formula is C12H17O2PSi. The summed E-state index contributed by atoms with van der Waals surface area (Å²) in [7, 11) is -2.13. The van der Waals surface area contributed by atoms with Gasteiger partial charge in [0.15, 0.2) is 0 Å². The molecule has 0 saturated heterocycles. The summed E-state index contributed by atoms with van der Waals surface area (Å²) < 4.78 is 0. The minimum atomic E-state index is -1.65. The molecule has 0 fully saturated rings. The largest absolute Gasteiger partial charge is 0.303 e. The van der Waals surface area contributed by atoms with E-state index in [1.54, 1.807) is 0 Å². The maximum absolute atomic E-state index is 10.7. The van der Waals surface area contributed by atoms with Gasteiger partial charge < -0.3 is 9.59 Å². The van der Waals surface area contributed by atoms with Crippen LogP contribution in [0.1, 0.15) is 0 Å². The number of hydrogen-bond acceptors (Lipinski definition) is 2. The van der Waals surface area contributed by atoms with Gasteiger partial charge in [0.05, 0.1) is 0 Å². The Bertz CT molecular complexity index is 341. The van der Waals surface area contributed by atoms with Crippen molar-refractivity contribution in [1.82, 2.24) is 0 Å². The molecule has 86 valence electrons. The molecule has 0 heterocycles. The number of carbonyl (C=O) groups is 2. The van der Waals surface area contributed by atoms with E-state index in [4.69, 9.17) is 0 Å². The lowest BCUT2D eigenvalue weighted by Crippen LogP contribution is -2.41. The van der Waals surface area contributed by atoms with Gasteiger partial charge in [-0.2, -0.15) is 0 Å². The maximum Gasteiger partial charge on any atom is 0.123 e. The van der Waals surface area contributed by atoms with E-state index in [1.165, 1.54) is 5.19 Å². The summed E-state index contributed by atoms with van der Waals surface area (Å²) in [6.07, 6.45) is 3.05. The standard InChI is InChI=1S/C12H17O2PSi/c1-16(2,12-6-4-3-5-7-12)15(10-8-13)11-9-14/h3-9H,10-11H2,1-2H3. The van der Waals surface area contributed by atoms with Crippen molar-refractivity contribution in [2.75, 3.05) is 12.3 Å². The number of benzene rings is 1. The first-order valence-electron chi connectivity index (χ1n) is 5.30. The van der Waals surface area contributed by atoms with E-state index in [-0.39, 0.29) is 0 Å². The van der Waals surface area contributed by atoms with Gasteiger partial charge in [0.25, 0.3) is 0 Å². The number of aldehydes is 2. The van der Waals surface area contributed by atoms with Crippen LogP contribution in [0.5, 0.6) is 0 Å². The maximum atomic E-state index is 10.7. The first-order chi connectivity index (χ1) is 7.62. The second-order valence-corrected chi connectivity index (χ2v) is 14.9. The van der Waals surface area contributed by atoms with Gasteiger partial charge in [-0.25, -0.2) is 0 Å². The fourth-order valence-electron chi connectivity index (χ4n) is 1.74. The molecule has 0 aliphatic heterocycles. The predicted octanol–water partition coefficient (Wildman–Crippen LogP) is 1.98. The van der Waals surface area contributed by atoms with Crippen molar-refractivity contribution in [1.29, 1.82) is 0 Å². The van der Waals surface area contributed by atoms with Crippen LogP contribution < -0.4 is 5.19 Å². The van der Waals surface area contributed by atoms with Crippen LogP contribution in [0.4, 0.5) is 0 Å².